The average molecular weight is 277 g/mol. The normalized spacial score (nSPS) is 10.4. The van der Waals surface area contributed by atoms with Gasteiger partial charge < -0.3 is 9.84 Å². The first-order valence-electron chi connectivity index (χ1n) is 6.08. The minimum absolute atomic E-state index is 0.118. The van der Waals surface area contributed by atoms with Crippen LogP contribution in [-0.2, 0) is 11.2 Å². The molecule has 4 nitrogen and oxygen atoms in total. The van der Waals surface area contributed by atoms with Gasteiger partial charge in [-0.05, 0) is 31.2 Å². The van der Waals surface area contributed by atoms with Crippen molar-refractivity contribution in [1.82, 2.24) is 4.98 Å². The van der Waals surface area contributed by atoms with Gasteiger partial charge >= 0.3 is 5.97 Å². The van der Waals surface area contributed by atoms with E-state index >= 15 is 0 Å². The molecular formula is C14H15NO3S. The molecule has 0 amide bonds. The second-order valence-corrected chi connectivity index (χ2v) is 4.85. The molecule has 0 spiro atoms. The Hall–Kier alpha value is -1.88. The number of hydrogen-bond acceptors (Lipinski definition) is 4. The third-order valence-electron chi connectivity index (χ3n) is 2.56. The fraction of sp³-hybridized carbons (Fsp3) is 0.286. The van der Waals surface area contributed by atoms with Crippen LogP contribution in [0.4, 0.5) is 0 Å². The van der Waals surface area contributed by atoms with Gasteiger partial charge in [-0.3, -0.25) is 4.79 Å². The number of aryl methyl sites for hydroxylation is 1. The van der Waals surface area contributed by atoms with Crippen LogP contribution in [0.3, 0.4) is 0 Å². The van der Waals surface area contributed by atoms with Crippen molar-refractivity contribution in [2.45, 2.75) is 19.8 Å². The third kappa shape index (κ3) is 3.79. The number of thiazole rings is 1. The molecule has 100 valence electrons. The van der Waals surface area contributed by atoms with Crippen LogP contribution < -0.4 is 4.74 Å². The number of carboxylic acids is 1. The standard InChI is InChI=1S/C14H15NO3S/c1-2-18-12-6-3-10(4-7-12)14-15-11(9-19-14)5-8-13(16)17/h3-4,6-7,9H,2,5,8H2,1H3,(H,16,17). The molecule has 0 unspecified atom stereocenters. The first-order valence-corrected chi connectivity index (χ1v) is 6.96. The molecule has 0 saturated heterocycles. The number of rotatable bonds is 6. The molecule has 0 aliphatic heterocycles. The topological polar surface area (TPSA) is 59.4 Å². The molecule has 5 heteroatoms. The maximum Gasteiger partial charge on any atom is 0.303 e. The van der Waals surface area contributed by atoms with Crippen molar-refractivity contribution >= 4 is 17.3 Å². The SMILES string of the molecule is CCOc1ccc(-c2nc(CCC(=O)O)cs2)cc1. The van der Waals surface area contributed by atoms with Crippen molar-refractivity contribution < 1.29 is 14.6 Å². The van der Waals surface area contributed by atoms with Gasteiger partial charge in [-0.1, -0.05) is 0 Å². The Kier molecular flexibility index (Phi) is 4.52. The van der Waals surface area contributed by atoms with Gasteiger partial charge in [0.25, 0.3) is 0 Å². The summed E-state index contributed by atoms with van der Waals surface area (Å²) >= 11 is 1.53. The molecule has 0 aliphatic carbocycles. The zero-order chi connectivity index (χ0) is 13.7. The number of aliphatic carboxylic acids is 1. The van der Waals surface area contributed by atoms with Crippen LogP contribution in [-0.4, -0.2) is 22.7 Å². The number of carboxylic acid groups (broad SMARTS) is 1. The van der Waals surface area contributed by atoms with Gasteiger partial charge in [0, 0.05) is 17.4 Å². The Morgan fingerprint density at radius 2 is 2.11 bits per heavy atom. The van der Waals surface area contributed by atoms with E-state index in [1.807, 2.05) is 36.6 Å². The van der Waals surface area contributed by atoms with E-state index in [4.69, 9.17) is 9.84 Å². The Balaban J connectivity index is 2.07. The van der Waals surface area contributed by atoms with E-state index in [0.29, 0.717) is 13.0 Å². The summed E-state index contributed by atoms with van der Waals surface area (Å²) in [6.07, 6.45) is 0.593. The van der Waals surface area contributed by atoms with Crippen molar-refractivity contribution in [3.8, 4) is 16.3 Å². The molecule has 0 aliphatic rings. The van der Waals surface area contributed by atoms with E-state index in [2.05, 4.69) is 4.98 Å². The molecule has 0 saturated carbocycles. The number of ether oxygens (including phenoxy) is 1. The number of hydrogen-bond donors (Lipinski definition) is 1. The van der Waals surface area contributed by atoms with Gasteiger partial charge in [-0.15, -0.1) is 11.3 Å². The summed E-state index contributed by atoms with van der Waals surface area (Å²) in [5.74, 6) is 0.0459. The van der Waals surface area contributed by atoms with Crippen molar-refractivity contribution in [2.75, 3.05) is 6.61 Å². The summed E-state index contributed by atoms with van der Waals surface area (Å²) in [5, 5.41) is 11.5. The molecule has 19 heavy (non-hydrogen) atoms. The van der Waals surface area contributed by atoms with Crippen LogP contribution in [0.5, 0.6) is 5.75 Å². The lowest BCUT2D eigenvalue weighted by atomic mass is 10.2. The molecule has 2 aromatic rings. The molecule has 1 heterocycles. The lowest BCUT2D eigenvalue weighted by molar-refractivity contribution is -0.136. The van der Waals surface area contributed by atoms with Crippen LogP contribution in [0, 0.1) is 0 Å². The highest BCUT2D eigenvalue weighted by molar-refractivity contribution is 7.13. The fourth-order valence-corrected chi connectivity index (χ4v) is 2.51. The molecule has 0 fully saturated rings. The van der Waals surface area contributed by atoms with E-state index in [-0.39, 0.29) is 6.42 Å². The predicted molar refractivity (Wildman–Crippen MR) is 74.7 cm³/mol. The fourth-order valence-electron chi connectivity index (χ4n) is 1.65. The van der Waals surface area contributed by atoms with Crippen LogP contribution >= 0.6 is 11.3 Å². The number of benzene rings is 1. The van der Waals surface area contributed by atoms with Crippen LogP contribution in [0.25, 0.3) is 10.6 Å². The monoisotopic (exact) mass is 277 g/mol. The summed E-state index contributed by atoms with van der Waals surface area (Å²) in [7, 11) is 0. The quantitative estimate of drug-likeness (QED) is 0.880. The van der Waals surface area contributed by atoms with Gasteiger partial charge in [0.2, 0.25) is 0 Å². The summed E-state index contributed by atoms with van der Waals surface area (Å²) in [5.41, 5.74) is 1.85. The number of carbonyl (C=O) groups is 1. The summed E-state index contributed by atoms with van der Waals surface area (Å²) in [4.78, 5) is 15.0. The van der Waals surface area contributed by atoms with Crippen molar-refractivity contribution in [3.05, 3.63) is 35.3 Å². The van der Waals surface area contributed by atoms with Crippen LogP contribution in [0.15, 0.2) is 29.6 Å². The Morgan fingerprint density at radius 3 is 2.74 bits per heavy atom. The smallest absolute Gasteiger partial charge is 0.303 e. The highest BCUT2D eigenvalue weighted by Gasteiger charge is 2.06. The summed E-state index contributed by atoms with van der Waals surface area (Å²) in [6, 6.07) is 7.75. The lowest BCUT2D eigenvalue weighted by Crippen LogP contribution is -1.97. The maximum absolute atomic E-state index is 10.5. The van der Waals surface area contributed by atoms with Crippen LogP contribution in [0.2, 0.25) is 0 Å². The van der Waals surface area contributed by atoms with Crippen molar-refractivity contribution in [2.24, 2.45) is 0 Å². The highest BCUT2D eigenvalue weighted by atomic mass is 32.1. The largest absolute Gasteiger partial charge is 0.494 e. The lowest BCUT2D eigenvalue weighted by Gasteiger charge is -2.02. The van der Waals surface area contributed by atoms with E-state index in [1.165, 1.54) is 11.3 Å². The van der Waals surface area contributed by atoms with Crippen molar-refractivity contribution in [3.63, 3.8) is 0 Å². The minimum atomic E-state index is -0.796. The number of nitrogens with zero attached hydrogens (tertiary/aromatic N) is 1. The summed E-state index contributed by atoms with van der Waals surface area (Å²) in [6.45, 7) is 2.60. The minimum Gasteiger partial charge on any atom is -0.494 e. The number of aromatic nitrogens is 1. The zero-order valence-corrected chi connectivity index (χ0v) is 11.4. The Morgan fingerprint density at radius 1 is 1.37 bits per heavy atom. The molecule has 1 N–H and O–H groups in total. The second-order valence-electron chi connectivity index (χ2n) is 4.00. The van der Waals surface area contributed by atoms with Crippen LogP contribution in [0.1, 0.15) is 19.0 Å². The van der Waals surface area contributed by atoms with E-state index in [9.17, 15) is 4.79 Å². The molecule has 1 aromatic carbocycles. The van der Waals surface area contributed by atoms with Gasteiger partial charge in [-0.25, -0.2) is 4.98 Å². The molecule has 0 radical (unpaired) electrons. The zero-order valence-electron chi connectivity index (χ0n) is 10.6. The Bertz CT molecular complexity index is 548. The average Bonchev–Trinajstić information content (AvgIpc) is 2.86. The molecule has 0 bridgehead atoms. The van der Waals surface area contributed by atoms with E-state index in [1.54, 1.807) is 0 Å². The Labute approximate surface area is 115 Å². The highest BCUT2D eigenvalue weighted by Crippen LogP contribution is 2.26. The van der Waals surface area contributed by atoms with E-state index < -0.39 is 5.97 Å². The first kappa shape index (κ1) is 13.5. The summed E-state index contributed by atoms with van der Waals surface area (Å²) < 4.78 is 5.38. The van der Waals surface area contributed by atoms with Gasteiger partial charge in [0.05, 0.1) is 18.7 Å². The first-order chi connectivity index (χ1) is 9.19. The van der Waals surface area contributed by atoms with Crippen molar-refractivity contribution in [1.29, 1.82) is 0 Å². The molecule has 1 aromatic heterocycles. The third-order valence-corrected chi connectivity index (χ3v) is 3.50. The van der Waals surface area contributed by atoms with Gasteiger partial charge in [0.15, 0.2) is 0 Å². The molecule has 0 atom stereocenters. The van der Waals surface area contributed by atoms with E-state index in [0.717, 1.165) is 22.0 Å². The predicted octanol–water partition coefficient (Wildman–Crippen LogP) is 3.23. The maximum atomic E-state index is 10.5. The molecule has 2 rings (SSSR count). The second kappa shape index (κ2) is 6.33. The molecular weight excluding hydrogens is 262 g/mol. The van der Waals surface area contributed by atoms with Gasteiger partial charge in [-0.2, -0.15) is 0 Å². The van der Waals surface area contributed by atoms with Gasteiger partial charge in [0.1, 0.15) is 10.8 Å².